The molecule has 0 saturated carbocycles. The van der Waals surface area contributed by atoms with Crippen LogP contribution in [0, 0.1) is 5.82 Å². The molecule has 2 aliphatic rings. The molecule has 6 heterocycles. The van der Waals surface area contributed by atoms with E-state index in [1.807, 2.05) is 0 Å². The topological polar surface area (TPSA) is 268 Å². The standard InChI is InChI=1S/C21H25FN8O11P2S2/c22-9-2-29(17-12(9)19(33)27-6-25-17)20-10(31)1-8(39-20)3-38-43(36,45)41-15-14(32)11(4-37-42(34,35)44)40-21(15)30-7-28-13-16(23)24-5-26-18(13)30/h2,5-8,10-11,14-15,20-21,31-32H,1,3-4H2,(H,36,45)(H2,23,24,26)(H,25,27,33)(H2,34,35,44)/t8?,10?,11-,14-,15-,20-,21?,43?/m1/s1. The van der Waals surface area contributed by atoms with E-state index in [4.69, 9.17) is 40.6 Å². The van der Waals surface area contributed by atoms with E-state index in [1.165, 1.54) is 21.8 Å². The number of imidazole rings is 1. The fraction of sp³-hybridized carbons (Fsp3) is 0.476. The van der Waals surface area contributed by atoms with E-state index < -0.39 is 81.0 Å². The van der Waals surface area contributed by atoms with E-state index in [9.17, 15) is 34.1 Å². The summed E-state index contributed by atoms with van der Waals surface area (Å²) in [7, 11) is 0. The molecular weight excluding hydrogens is 685 g/mol. The Morgan fingerprint density at radius 1 is 1.07 bits per heavy atom. The number of aromatic nitrogens is 7. The highest BCUT2D eigenvalue weighted by Crippen LogP contribution is 2.51. The quantitative estimate of drug-likeness (QED) is 0.0977. The van der Waals surface area contributed by atoms with Gasteiger partial charge in [0.15, 0.2) is 35.4 Å². The Hall–Kier alpha value is -2.40. The normalized spacial score (nSPS) is 28.7. The predicted octanol–water partition coefficient (Wildman–Crippen LogP) is -0.963. The summed E-state index contributed by atoms with van der Waals surface area (Å²) >= 11 is 9.68. The van der Waals surface area contributed by atoms with Gasteiger partial charge in [-0.1, -0.05) is 0 Å². The molecule has 4 unspecified atom stereocenters. The van der Waals surface area contributed by atoms with Gasteiger partial charge < -0.3 is 58.7 Å². The van der Waals surface area contributed by atoms with Crippen molar-refractivity contribution in [1.82, 2.24) is 34.1 Å². The minimum absolute atomic E-state index is 0.0297. The molecule has 19 nitrogen and oxygen atoms in total. The van der Waals surface area contributed by atoms with E-state index in [0.29, 0.717) is 0 Å². The third-order valence-corrected chi connectivity index (χ3v) is 9.43. The van der Waals surface area contributed by atoms with Gasteiger partial charge in [-0.3, -0.25) is 13.9 Å². The molecular formula is C21H25FN8O11P2S2. The number of aliphatic hydroxyl groups excluding tert-OH is 2. The zero-order valence-corrected chi connectivity index (χ0v) is 25.9. The van der Waals surface area contributed by atoms with Crippen molar-refractivity contribution in [2.75, 3.05) is 18.9 Å². The maximum atomic E-state index is 14.5. The minimum Gasteiger partial charge on any atom is -0.388 e. The summed E-state index contributed by atoms with van der Waals surface area (Å²) in [6.45, 7) is -9.29. The number of nitrogen functional groups attached to an aromatic ring is 1. The van der Waals surface area contributed by atoms with Crippen molar-refractivity contribution in [2.24, 2.45) is 0 Å². The van der Waals surface area contributed by atoms with Crippen LogP contribution in [0.3, 0.4) is 0 Å². The lowest BCUT2D eigenvalue weighted by molar-refractivity contribution is -0.0542. The van der Waals surface area contributed by atoms with Crippen LogP contribution in [0.4, 0.5) is 10.2 Å². The van der Waals surface area contributed by atoms with Crippen molar-refractivity contribution in [3.05, 3.63) is 41.3 Å². The Bertz CT molecular complexity index is 1890. The molecule has 6 rings (SSSR count). The second-order valence-corrected chi connectivity index (χ2v) is 15.5. The summed E-state index contributed by atoms with van der Waals surface area (Å²) in [5.41, 5.74) is 5.51. The third-order valence-electron chi connectivity index (χ3n) is 7.07. The van der Waals surface area contributed by atoms with Crippen LogP contribution in [0.15, 0.2) is 30.0 Å². The molecule has 2 aliphatic heterocycles. The number of rotatable bonds is 10. The first kappa shape index (κ1) is 32.5. The Morgan fingerprint density at radius 2 is 1.84 bits per heavy atom. The van der Waals surface area contributed by atoms with Crippen LogP contribution >= 0.6 is 13.4 Å². The van der Waals surface area contributed by atoms with Gasteiger partial charge in [0.2, 0.25) is 0 Å². The van der Waals surface area contributed by atoms with E-state index in [-0.39, 0.29) is 34.4 Å². The molecule has 8 atom stereocenters. The zero-order chi connectivity index (χ0) is 32.3. The van der Waals surface area contributed by atoms with Gasteiger partial charge in [0.25, 0.3) is 5.56 Å². The minimum atomic E-state index is -4.21. The van der Waals surface area contributed by atoms with Crippen molar-refractivity contribution in [1.29, 1.82) is 0 Å². The smallest absolute Gasteiger partial charge is 0.325 e. The number of nitrogens with zero attached hydrogens (tertiary/aromatic N) is 6. The van der Waals surface area contributed by atoms with Crippen molar-refractivity contribution in [2.45, 2.75) is 49.4 Å². The lowest BCUT2D eigenvalue weighted by Crippen LogP contribution is -2.35. The number of H-pyrrole nitrogens is 1. The van der Waals surface area contributed by atoms with Gasteiger partial charge in [0.1, 0.15) is 41.6 Å². The SMILES string of the molecule is Nc1ncnc2c1ncn2C1O[C@H](COP(O)(O)=S)[C@@H](O)[C@H]1OP(O)(=S)OCC1CC(O)[C@H](n2cc(F)c3c(=O)[nH]cnc32)O1. The number of anilines is 1. The summed E-state index contributed by atoms with van der Waals surface area (Å²) in [5.74, 6) is -0.801. The molecule has 0 aromatic carbocycles. The highest BCUT2D eigenvalue weighted by Gasteiger charge is 2.49. The monoisotopic (exact) mass is 710 g/mol. The average Bonchev–Trinajstić information content (AvgIpc) is 3.71. The largest absolute Gasteiger partial charge is 0.388 e. The average molecular weight is 711 g/mol. The lowest BCUT2D eigenvalue weighted by atomic mass is 10.1. The van der Waals surface area contributed by atoms with Gasteiger partial charge in [-0.25, -0.2) is 24.3 Å². The van der Waals surface area contributed by atoms with Crippen molar-refractivity contribution < 1.29 is 52.3 Å². The second kappa shape index (κ2) is 12.3. The van der Waals surface area contributed by atoms with Crippen LogP contribution in [0.2, 0.25) is 0 Å². The molecule has 4 aromatic heterocycles. The molecule has 0 aliphatic carbocycles. The Balaban J connectivity index is 1.18. The first-order valence-electron chi connectivity index (χ1n) is 12.9. The number of nitrogens with two attached hydrogens (primary N) is 1. The van der Waals surface area contributed by atoms with Crippen LogP contribution < -0.4 is 11.3 Å². The van der Waals surface area contributed by atoms with E-state index in [2.05, 4.69) is 36.7 Å². The molecule has 244 valence electrons. The molecule has 4 aromatic rings. The molecule has 8 N–H and O–H groups in total. The van der Waals surface area contributed by atoms with Crippen LogP contribution in [-0.2, 0) is 46.7 Å². The van der Waals surface area contributed by atoms with Crippen molar-refractivity contribution in [3.8, 4) is 0 Å². The Labute approximate surface area is 260 Å². The fourth-order valence-corrected chi connectivity index (χ4v) is 7.07. The lowest BCUT2D eigenvalue weighted by Gasteiger charge is -2.26. The summed E-state index contributed by atoms with van der Waals surface area (Å²) in [5, 5.41) is 21.4. The van der Waals surface area contributed by atoms with Gasteiger partial charge in [-0.2, -0.15) is 0 Å². The number of ether oxygens (including phenoxy) is 2. The number of nitrogens with one attached hydrogen (secondary N) is 1. The summed E-state index contributed by atoms with van der Waals surface area (Å²) in [6, 6.07) is 0. The molecule has 0 radical (unpaired) electrons. The van der Waals surface area contributed by atoms with E-state index >= 15 is 0 Å². The van der Waals surface area contributed by atoms with Gasteiger partial charge >= 0.3 is 13.4 Å². The van der Waals surface area contributed by atoms with Gasteiger partial charge in [0, 0.05) is 12.6 Å². The maximum absolute atomic E-state index is 14.5. The third kappa shape index (κ3) is 6.58. The van der Waals surface area contributed by atoms with Crippen LogP contribution in [0.1, 0.15) is 18.9 Å². The number of halogens is 1. The number of aliphatic hydroxyl groups is 2. The van der Waals surface area contributed by atoms with E-state index in [1.54, 1.807) is 0 Å². The number of aromatic amines is 1. The molecule has 0 amide bonds. The molecule has 0 spiro atoms. The molecule has 45 heavy (non-hydrogen) atoms. The summed E-state index contributed by atoms with van der Waals surface area (Å²) in [6.07, 6.45) is -4.23. The Morgan fingerprint density at radius 3 is 2.60 bits per heavy atom. The van der Waals surface area contributed by atoms with E-state index in [0.717, 1.165) is 12.5 Å². The molecule has 2 saturated heterocycles. The number of hydrogen-bond donors (Lipinski definition) is 7. The first-order valence-corrected chi connectivity index (χ1v) is 18.1. The second-order valence-electron chi connectivity index (χ2n) is 10.0. The highest BCUT2D eigenvalue weighted by molar-refractivity contribution is 8.07. The van der Waals surface area contributed by atoms with Crippen LogP contribution in [0.25, 0.3) is 22.2 Å². The molecule has 0 bridgehead atoms. The summed E-state index contributed by atoms with van der Waals surface area (Å²) in [4.78, 5) is 60.4. The number of fused-ring (bicyclic) bond motifs is 2. The molecule has 24 heteroatoms. The van der Waals surface area contributed by atoms with Crippen molar-refractivity contribution in [3.63, 3.8) is 0 Å². The van der Waals surface area contributed by atoms with Gasteiger partial charge in [-0.05, 0) is 23.6 Å². The van der Waals surface area contributed by atoms with Crippen molar-refractivity contribution >= 4 is 65.1 Å². The van der Waals surface area contributed by atoms with Gasteiger partial charge in [0.05, 0.1) is 32.0 Å². The Kier molecular flexibility index (Phi) is 8.91. The highest BCUT2D eigenvalue weighted by atomic mass is 32.5. The maximum Gasteiger partial charge on any atom is 0.325 e. The molecule has 2 fully saturated rings. The zero-order valence-electron chi connectivity index (χ0n) is 22.5. The van der Waals surface area contributed by atoms with Gasteiger partial charge in [-0.15, -0.1) is 0 Å². The summed E-state index contributed by atoms with van der Waals surface area (Å²) < 4.78 is 44.7. The number of hydrogen-bond acceptors (Lipinski definition) is 15. The first-order chi connectivity index (χ1) is 21.2. The van der Waals surface area contributed by atoms with Crippen LogP contribution in [-0.4, -0.2) is 103 Å². The fourth-order valence-electron chi connectivity index (χ4n) is 5.11. The van der Waals surface area contributed by atoms with Crippen LogP contribution in [0.5, 0.6) is 0 Å². The predicted molar refractivity (Wildman–Crippen MR) is 157 cm³/mol.